The molecule has 0 fully saturated rings. The summed E-state index contributed by atoms with van der Waals surface area (Å²) in [6.45, 7) is 1.03. The molecule has 0 radical (unpaired) electrons. The summed E-state index contributed by atoms with van der Waals surface area (Å²) in [4.78, 5) is 8.14. The van der Waals surface area contributed by atoms with Crippen LogP contribution in [0.5, 0.6) is 11.5 Å². The summed E-state index contributed by atoms with van der Waals surface area (Å²) >= 11 is 0. The van der Waals surface area contributed by atoms with Gasteiger partial charge in [0.15, 0.2) is 17.5 Å². The van der Waals surface area contributed by atoms with Crippen molar-refractivity contribution in [3.05, 3.63) is 42.5 Å². The molecule has 2 aromatic rings. The molecule has 0 unspecified atom stereocenters. The molecular weight excluding hydrogens is 483 g/mol. The maximum absolute atomic E-state index is 12.8. The van der Waals surface area contributed by atoms with Crippen molar-refractivity contribution >= 4 is 29.9 Å². The van der Waals surface area contributed by atoms with E-state index in [2.05, 4.69) is 25.3 Å². The second-order valence-electron chi connectivity index (χ2n) is 5.56. The molecule has 7 nitrogen and oxygen atoms in total. The van der Waals surface area contributed by atoms with E-state index in [1.54, 1.807) is 44.7 Å². The Morgan fingerprint density at radius 1 is 1.32 bits per heavy atom. The average molecular weight is 509 g/mol. The van der Waals surface area contributed by atoms with Crippen molar-refractivity contribution in [1.82, 2.24) is 20.2 Å². The fourth-order valence-corrected chi connectivity index (χ4v) is 2.48. The van der Waals surface area contributed by atoms with Gasteiger partial charge in [-0.25, -0.2) is 4.98 Å². The molecule has 28 heavy (non-hydrogen) atoms. The number of aromatic nitrogens is 2. The fourth-order valence-electron chi connectivity index (χ4n) is 2.48. The lowest BCUT2D eigenvalue weighted by Crippen LogP contribution is -2.37. The highest BCUT2D eigenvalue weighted by Gasteiger charge is 2.15. The number of imidazole rings is 1. The Labute approximate surface area is 180 Å². The second kappa shape index (κ2) is 13.1. The van der Waals surface area contributed by atoms with Gasteiger partial charge < -0.3 is 24.7 Å². The molecule has 2 N–H and O–H groups in total. The molecular formula is C18H26F2IN5O2. The van der Waals surface area contributed by atoms with Gasteiger partial charge in [-0.2, -0.15) is 8.78 Å². The Bertz CT molecular complexity index is 714. The summed E-state index contributed by atoms with van der Waals surface area (Å²) in [5.41, 5.74) is 0.558. The molecule has 2 rings (SSSR count). The summed E-state index contributed by atoms with van der Waals surface area (Å²) in [5, 5.41) is 6.29. The van der Waals surface area contributed by atoms with Crippen LogP contribution >= 0.6 is 24.0 Å². The Balaban J connectivity index is 0.00000392. The minimum absolute atomic E-state index is 0. The predicted octanol–water partition coefficient (Wildman–Crippen LogP) is 3.26. The lowest BCUT2D eigenvalue weighted by atomic mass is 10.2. The van der Waals surface area contributed by atoms with Crippen LogP contribution in [0.25, 0.3) is 0 Å². The molecule has 1 aromatic heterocycles. The number of para-hydroxylation sites is 1. The Morgan fingerprint density at radius 2 is 2.14 bits per heavy atom. The SMILES string of the molecule is CCOc1cccc(CNC(=NC)NCCCn2ccnc2)c1OC(F)F.I. The first-order valence-electron chi connectivity index (χ1n) is 8.73. The monoisotopic (exact) mass is 509 g/mol. The number of aryl methyl sites for hydroxylation is 1. The van der Waals surface area contributed by atoms with Crippen LogP contribution in [0, 0.1) is 0 Å². The largest absolute Gasteiger partial charge is 0.490 e. The third-order valence-electron chi connectivity index (χ3n) is 3.68. The number of halogens is 3. The number of rotatable bonds is 10. The van der Waals surface area contributed by atoms with Gasteiger partial charge in [-0.3, -0.25) is 4.99 Å². The van der Waals surface area contributed by atoms with Crippen molar-refractivity contribution in [1.29, 1.82) is 0 Å². The number of ether oxygens (including phenoxy) is 2. The highest BCUT2D eigenvalue weighted by molar-refractivity contribution is 14.0. The Hall–Kier alpha value is -2.11. The zero-order valence-electron chi connectivity index (χ0n) is 15.9. The third-order valence-corrected chi connectivity index (χ3v) is 3.68. The molecule has 0 aliphatic carbocycles. The Kier molecular flexibility index (Phi) is 11.2. The van der Waals surface area contributed by atoms with Crippen LogP contribution in [0.2, 0.25) is 0 Å². The van der Waals surface area contributed by atoms with E-state index in [-0.39, 0.29) is 36.3 Å². The van der Waals surface area contributed by atoms with Crippen LogP contribution in [0.15, 0.2) is 41.9 Å². The fraction of sp³-hybridized carbons (Fsp3) is 0.444. The molecule has 1 aromatic carbocycles. The van der Waals surface area contributed by atoms with Crippen molar-refractivity contribution in [2.24, 2.45) is 4.99 Å². The molecule has 1 heterocycles. The van der Waals surface area contributed by atoms with Gasteiger partial charge in [0.25, 0.3) is 0 Å². The minimum Gasteiger partial charge on any atom is -0.490 e. The van der Waals surface area contributed by atoms with Crippen LogP contribution in [0.3, 0.4) is 0 Å². The molecule has 0 bridgehead atoms. The lowest BCUT2D eigenvalue weighted by molar-refractivity contribution is -0.0520. The van der Waals surface area contributed by atoms with Crippen molar-refractivity contribution in [3.63, 3.8) is 0 Å². The van der Waals surface area contributed by atoms with Crippen LogP contribution in [-0.2, 0) is 13.1 Å². The highest BCUT2D eigenvalue weighted by atomic mass is 127. The molecule has 0 atom stereocenters. The second-order valence-corrected chi connectivity index (χ2v) is 5.56. The summed E-state index contributed by atoms with van der Waals surface area (Å²) in [7, 11) is 1.65. The number of benzene rings is 1. The number of hydrogen-bond acceptors (Lipinski definition) is 4. The highest BCUT2D eigenvalue weighted by Crippen LogP contribution is 2.32. The molecule has 156 valence electrons. The predicted molar refractivity (Wildman–Crippen MR) is 115 cm³/mol. The smallest absolute Gasteiger partial charge is 0.387 e. The zero-order chi connectivity index (χ0) is 19.5. The number of aliphatic imine (C=N–C) groups is 1. The van der Waals surface area contributed by atoms with E-state index >= 15 is 0 Å². The van der Waals surface area contributed by atoms with E-state index < -0.39 is 6.61 Å². The van der Waals surface area contributed by atoms with Crippen LogP contribution < -0.4 is 20.1 Å². The van der Waals surface area contributed by atoms with Gasteiger partial charge in [-0.1, -0.05) is 12.1 Å². The van der Waals surface area contributed by atoms with Gasteiger partial charge in [-0.05, 0) is 19.4 Å². The summed E-state index contributed by atoms with van der Waals surface area (Å²) in [5.74, 6) is 0.906. The van der Waals surface area contributed by atoms with Gasteiger partial charge in [0.1, 0.15) is 0 Å². The molecule has 10 heteroatoms. The number of nitrogens with one attached hydrogen (secondary N) is 2. The maximum Gasteiger partial charge on any atom is 0.387 e. The molecule has 0 aliphatic heterocycles. The first kappa shape index (κ1) is 23.9. The number of guanidine groups is 1. The van der Waals surface area contributed by atoms with Gasteiger partial charge >= 0.3 is 6.61 Å². The topological polar surface area (TPSA) is 72.7 Å². The van der Waals surface area contributed by atoms with Gasteiger partial charge in [0.05, 0.1) is 12.9 Å². The third kappa shape index (κ3) is 7.87. The first-order chi connectivity index (χ1) is 13.1. The quantitative estimate of drug-likeness (QED) is 0.223. The first-order valence-corrected chi connectivity index (χ1v) is 8.73. The molecule has 0 spiro atoms. The zero-order valence-corrected chi connectivity index (χ0v) is 18.2. The van der Waals surface area contributed by atoms with Crippen LogP contribution in [0.4, 0.5) is 8.78 Å². The molecule has 0 aliphatic rings. The van der Waals surface area contributed by atoms with E-state index in [1.807, 2.05) is 10.8 Å². The van der Waals surface area contributed by atoms with Crippen LogP contribution in [-0.4, -0.2) is 42.3 Å². The lowest BCUT2D eigenvalue weighted by Gasteiger charge is -2.17. The standard InChI is InChI=1S/C18H25F2N5O2.HI/c1-3-26-15-7-4-6-14(16(15)27-17(19)20)12-24-18(21-2)23-8-5-10-25-11-9-22-13-25;/h4,6-7,9,11,13,17H,3,5,8,10,12H2,1-2H3,(H2,21,23,24);1H. The van der Waals surface area contributed by atoms with E-state index in [4.69, 9.17) is 4.74 Å². The molecule has 0 saturated carbocycles. The molecule has 0 amide bonds. The van der Waals surface area contributed by atoms with Crippen LogP contribution in [0.1, 0.15) is 18.9 Å². The van der Waals surface area contributed by atoms with E-state index in [0.29, 0.717) is 30.4 Å². The van der Waals surface area contributed by atoms with Gasteiger partial charge in [0, 0.05) is 44.6 Å². The summed E-state index contributed by atoms with van der Waals surface area (Å²) in [6.07, 6.45) is 6.30. The number of alkyl halides is 2. The minimum atomic E-state index is -2.93. The van der Waals surface area contributed by atoms with E-state index in [0.717, 1.165) is 13.0 Å². The van der Waals surface area contributed by atoms with Crippen molar-refractivity contribution < 1.29 is 18.3 Å². The summed E-state index contributed by atoms with van der Waals surface area (Å²) in [6, 6.07) is 5.05. The summed E-state index contributed by atoms with van der Waals surface area (Å²) < 4.78 is 37.6. The number of hydrogen-bond donors (Lipinski definition) is 2. The maximum atomic E-state index is 12.8. The number of nitrogens with zero attached hydrogens (tertiary/aromatic N) is 3. The Morgan fingerprint density at radius 3 is 2.79 bits per heavy atom. The normalized spacial score (nSPS) is 11.1. The van der Waals surface area contributed by atoms with Crippen molar-refractivity contribution in [2.45, 2.75) is 33.0 Å². The average Bonchev–Trinajstić information content (AvgIpc) is 3.16. The molecule has 0 saturated heterocycles. The van der Waals surface area contributed by atoms with Crippen molar-refractivity contribution in [3.8, 4) is 11.5 Å². The van der Waals surface area contributed by atoms with Gasteiger partial charge in [0.2, 0.25) is 0 Å². The van der Waals surface area contributed by atoms with E-state index in [9.17, 15) is 8.78 Å². The van der Waals surface area contributed by atoms with Gasteiger partial charge in [-0.15, -0.1) is 24.0 Å². The van der Waals surface area contributed by atoms with Crippen molar-refractivity contribution in [2.75, 3.05) is 20.2 Å². The van der Waals surface area contributed by atoms with E-state index in [1.165, 1.54) is 0 Å².